The van der Waals surface area contributed by atoms with Gasteiger partial charge in [-0.1, -0.05) is 44.5 Å². The van der Waals surface area contributed by atoms with E-state index in [-0.39, 0.29) is 11.8 Å². The van der Waals surface area contributed by atoms with Gasteiger partial charge in [-0.05, 0) is 37.1 Å². The number of anilines is 1. The van der Waals surface area contributed by atoms with Gasteiger partial charge in [0.2, 0.25) is 0 Å². The molecule has 5 heteroatoms. The van der Waals surface area contributed by atoms with Gasteiger partial charge < -0.3 is 15.4 Å². The highest BCUT2D eigenvalue weighted by atomic mass is 16.5. The molecule has 0 aromatic heterocycles. The third-order valence-corrected chi connectivity index (χ3v) is 3.84. The van der Waals surface area contributed by atoms with Crippen molar-refractivity contribution in [3.05, 3.63) is 59.7 Å². The fraction of sp³-hybridized carbons (Fsp3) is 0.333. The molecule has 2 aromatic rings. The Hall–Kier alpha value is -2.82. The number of carbonyl (C=O) groups is 2. The Morgan fingerprint density at radius 3 is 2.31 bits per heavy atom. The molecule has 0 aliphatic heterocycles. The molecule has 138 valence electrons. The molecule has 2 amide bonds. The second-order valence-corrected chi connectivity index (χ2v) is 5.95. The van der Waals surface area contributed by atoms with Crippen molar-refractivity contribution in [1.29, 1.82) is 0 Å². The van der Waals surface area contributed by atoms with Crippen molar-refractivity contribution >= 4 is 17.5 Å². The zero-order valence-electron chi connectivity index (χ0n) is 15.4. The molecule has 0 spiro atoms. The van der Waals surface area contributed by atoms with Crippen LogP contribution in [0.15, 0.2) is 48.5 Å². The lowest BCUT2D eigenvalue weighted by Gasteiger charge is -2.13. The van der Waals surface area contributed by atoms with E-state index >= 15 is 0 Å². The molecule has 26 heavy (non-hydrogen) atoms. The van der Waals surface area contributed by atoms with Gasteiger partial charge in [-0.3, -0.25) is 9.59 Å². The van der Waals surface area contributed by atoms with Crippen LogP contribution in [0.25, 0.3) is 0 Å². The fourth-order valence-electron chi connectivity index (χ4n) is 2.42. The maximum atomic E-state index is 12.7. The standard InChI is InChI=1S/C21H26N2O3/c1-3-5-15-26-19-13-9-7-11-17(19)21(25)23-18-12-8-6-10-16(18)20(24)22-14-4-2/h6-13H,3-5,14-15H2,1-2H3,(H,22,24)(H,23,25). The van der Waals surface area contributed by atoms with E-state index in [1.54, 1.807) is 42.5 Å². The molecule has 0 saturated heterocycles. The van der Waals surface area contributed by atoms with Crippen LogP contribution < -0.4 is 15.4 Å². The first-order valence-corrected chi connectivity index (χ1v) is 9.07. The number of amides is 2. The van der Waals surface area contributed by atoms with Crippen LogP contribution in [0, 0.1) is 0 Å². The van der Waals surface area contributed by atoms with Crippen LogP contribution in [0.5, 0.6) is 5.75 Å². The van der Waals surface area contributed by atoms with E-state index in [0.717, 1.165) is 19.3 Å². The molecule has 0 atom stereocenters. The Morgan fingerprint density at radius 1 is 0.885 bits per heavy atom. The summed E-state index contributed by atoms with van der Waals surface area (Å²) >= 11 is 0. The largest absolute Gasteiger partial charge is 0.493 e. The van der Waals surface area contributed by atoms with Crippen molar-refractivity contribution < 1.29 is 14.3 Å². The van der Waals surface area contributed by atoms with Gasteiger partial charge in [-0.15, -0.1) is 0 Å². The van der Waals surface area contributed by atoms with E-state index in [2.05, 4.69) is 17.6 Å². The van der Waals surface area contributed by atoms with E-state index in [1.807, 2.05) is 13.0 Å². The topological polar surface area (TPSA) is 67.4 Å². The maximum absolute atomic E-state index is 12.7. The molecule has 0 aliphatic rings. The second-order valence-electron chi connectivity index (χ2n) is 5.95. The zero-order valence-corrected chi connectivity index (χ0v) is 15.4. The van der Waals surface area contributed by atoms with Gasteiger partial charge in [0.1, 0.15) is 5.75 Å². The number of para-hydroxylation sites is 2. The minimum absolute atomic E-state index is 0.199. The van der Waals surface area contributed by atoms with Gasteiger partial charge in [-0.2, -0.15) is 0 Å². The highest BCUT2D eigenvalue weighted by Gasteiger charge is 2.16. The summed E-state index contributed by atoms with van der Waals surface area (Å²) in [6.07, 6.45) is 2.80. The van der Waals surface area contributed by atoms with E-state index in [1.165, 1.54) is 0 Å². The van der Waals surface area contributed by atoms with Crippen LogP contribution in [0.1, 0.15) is 53.8 Å². The molecule has 2 aromatic carbocycles. The molecule has 2 rings (SSSR count). The Morgan fingerprint density at radius 2 is 1.58 bits per heavy atom. The molecule has 0 radical (unpaired) electrons. The number of ether oxygens (including phenoxy) is 1. The summed E-state index contributed by atoms with van der Waals surface area (Å²) in [6.45, 7) is 5.23. The summed E-state index contributed by atoms with van der Waals surface area (Å²) in [5, 5.41) is 5.67. The molecule has 0 saturated carbocycles. The molecular formula is C21H26N2O3. The molecule has 0 fully saturated rings. The lowest BCUT2D eigenvalue weighted by molar-refractivity contribution is 0.0954. The average Bonchev–Trinajstić information content (AvgIpc) is 2.67. The smallest absolute Gasteiger partial charge is 0.259 e. The number of rotatable bonds is 9. The molecule has 0 heterocycles. The lowest BCUT2D eigenvalue weighted by Crippen LogP contribution is -2.25. The van der Waals surface area contributed by atoms with Crippen LogP contribution in [0.2, 0.25) is 0 Å². The van der Waals surface area contributed by atoms with E-state index in [0.29, 0.717) is 35.7 Å². The number of nitrogens with one attached hydrogen (secondary N) is 2. The molecular weight excluding hydrogens is 328 g/mol. The van der Waals surface area contributed by atoms with Crippen molar-refractivity contribution in [2.75, 3.05) is 18.5 Å². The van der Waals surface area contributed by atoms with Crippen LogP contribution >= 0.6 is 0 Å². The predicted octanol–water partition coefficient (Wildman–Crippen LogP) is 4.26. The van der Waals surface area contributed by atoms with Gasteiger partial charge in [0.15, 0.2) is 0 Å². The minimum atomic E-state index is -0.298. The van der Waals surface area contributed by atoms with Crippen molar-refractivity contribution in [2.45, 2.75) is 33.1 Å². The number of unbranched alkanes of at least 4 members (excludes halogenated alkanes) is 1. The number of hydrogen-bond donors (Lipinski definition) is 2. The lowest BCUT2D eigenvalue weighted by atomic mass is 10.1. The first-order chi connectivity index (χ1) is 12.7. The van der Waals surface area contributed by atoms with Gasteiger partial charge in [0.05, 0.1) is 23.4 Å². The highest BCUT2D eigenvalue weighted by Crippen LogP contribution is 2.22. The van der Waals surface area contributed by atoms with Crippen molar-refractivity contribution in [3.63, 3.8) is 0 Å². The normalized spacial score (nSPS) is 10.2. The third kappa shape index (κ3) is 5.34. The fourth-order valence-corrected chi connectivity index (χ4v) is 2.42. The highest BCUT2D eigenvalue weighted by molar-refractivity contribution is 6.10. The summed E-state index contributed by atoms with van der Waals surface area (Å²) in [5.74, 6) is 0.0504. The molecule has 5 nitrogen and oxygen atoms in total. The first-order valence-electron chi connectivity index (χ1n) is 9.07. The molecule has 0 unspecified atom stereocenters. The predicted molar refractivity (Wildman–Crippen MR) is 104 cm³/mol. The quantitative estimate of drug-likeness (QED) is 0.661. The van der Waals surface area contributed by atoms with Crippen molar-refractivity contribution in [2.24, 2.45) is 0 Å². The SMILES string of the molecule is CCCCOc1ccccc1C(=O)Nc1ccccc1C(=O)NCCC. The number of benzene rings is 2. The summed E-state index contributed by atoms with van der Waals surface area (Å²) in [4.78, 5) is 25.0. The van der Waals surface area contributed by atoms with E-state index < -0.39 is 0 Å². The Balaban J connectivity index is 2.17. The molecule has 0 aliphatic carbocycles. The third-order valence-electron chi connectivity index (χ3n) is 3.84. The second kappa shape index (κ2) is 10.2. The summed E-state index contributed by atoms with van der Waals surface area (Å²) in [7, 11) is 0. The van der Waals surface area contributed by atoms with Crippen LogP contribution in [0.4, 0.5) is 5.69 Å². The van der Waals surface area contributed by atoms with Crippen molar-refractivity contribution in [1.82, 2.24) is 5.32 Å². The summed E-state index contributed by atoms with van der Waals surface area (Å²) in [5.41, 5.74) is 1.38. The Kier molecular flexibility index (Phi) is 7.68. The first kappa shape index (κ1) is 19.5. The summed E-state index contributed by atoms with van der Waals surface area (Å²) in [6, 6.07) is 14.1. The van der Waals surface area contributed by atoms with E-state index in [4.69, 9.17) is 4.74 Å². The van der Waals surface area contributed by atoms with Gasteiger partial charge in [0.25, 0.3) is 11.8 Å². The minimum Gasteiger partial charge on any atom is -0.493 e. The number of carbonyl (C=O) groups excluding carboxylic acids is 2. The Bertz CT molecular complexity index is 744. The average molecular weight is 354 g/mol. The van der Waals surface area contributed by atoms with Crippen LogP contribution in [-0.4, -0.2) is 25.0 Å². The summed E-state index contributed by atoms with van der Waals surface area (Å²) < 4.78 is 5.73. The Labute approximate surface area is 154 Å². The van der Waals surface area contributed by atoms with Gasteiger partial charge in [0, 0.05) is 6.54 Å². The van der Waals surface area contributed by atoms with Crippen molar-refractivity contribution in [3.8, 4) is 5.75 Å². The monoisotopic (exact) mass is 354 g/mol. The van der Waals surface area contributed by atoms with Crippen LogP contribution in [-0.2, 0) is 0 Å². The molecule has 0 bridgehead atoms. The van der Waals surface area contributed by atoms with E-state index in [9.17, 15) is 9.59 Å². The van der Waals surface area contributed by atoms with Crippen LogP contribution in [0.3, 0.4) is 0 Å². The van der Waals surface area contributed by atoms with Gasteiger partial charge in [-0.25, -0.2) is 0 Å². The molecule has 2 N–H and O–H groups in total. The maximum Gasteiger partial charge on any atom is 0.259 e. The zero-order chi connectivity index (χ0) is 18.8. The van der Waals surface area contributed by atoms with Gasteiger partial charge >= 0.3 is 0 Å². The number of hydrogen-bond acceptors (Lipinski definition) is 3.